The summed E-state index contributed by atoms with van der Waals surface area (Å²) in [4.78, 5) is 11.5. The van der Waals surface area contributed by atoms with Gasteiger partial charge in [0.15, 0.2) is 0 Å². The number of aliphatic hydroxyl groups is 2. The summed E-state index contributed by atoms with van der Waals surface area (Å²) < 4.78 is 0. The molecule has 1 rings (SSSR count). The molecule has 1 atom stereocenters. The Hall–Kier alpha value is -0.610. The highest BCUT2D eigenvalue weighted by Crippen LogP contribution is 2.36. The van der Waals surface area contributed by atoms with Crippen LogP contribution in [0.2, 0.25) is 0 Å². The van der Waals surface area contributed by atoms with Crippen molar-refractivity contribution in [2.24, 2.45) is 5.41 Å². The van der Waals surface area contributed by atoms with Crippen molar-refractivity contribution in [3.63, 3.8) is 0 Å². The first-order valence-corrected chi connectivity index (χ1v) is 6.14. The highest BCUT2D eigenvalue weighted by atomic mass is 16.3. The van der Waals surface area contributed by atoms with Crippen LogP contribution in [-0.2, 0) is 4.79 Å². The van der Waals surface area contributed by atoms with Crippen molar-refractivity contribution < 1.29 is 15.0 Å². The van der Waals surface area contributed by atoms with E-state index in [0.29, 0.717) is 19.4 Å². The summed E-state index contributed by atoms with van der Waals surface area (Å²) >= 11 is 0. The topological polar surface area (TPSA) is 69.6 Å². The number of carbonyl (C=O) groups is 1. The van der Waals surface area contributed by atoms with Crippen LogP contribution < -0.4 is 5.32 Å². The third kappa shape index (κ3) is 4.10. The van der Waals surface area contributed by atoms with E-state index < -0.39 is 6.10 Å². The molecule has 0 bridgehead atoms. The fraction of sp³-hybridized carbons (Fsp3) is 0.917. The van der Waals surface area contributed by atoms with Crippen molar-refractivity contribution in [3.05, 3.63) is 0 Å². The van der Waals surface area contributed by atoms with Gasteiger partial charge in [-0.1, -0.05) is 12.8 Å². The molecular formula is C12H23NO3. The van der Waals surface area contributed by atoms with Gasteiger partial charge in [0.25, 0.3) is 0 Å². The van der Waals surface area contributed by atoms with Crippen molar-refractivity contribution in [3.8, 4) is 0 Å². The minimum atomic E-state index is -0.427. The van der Waals surface area contributed by atoms with Crippen LogP contribution in [0.3, 0.4) is 0 Å². The van der Waals surface area contributed by atoms with E-state index in [1.807, 2.05) is 0 Å². The second-order valence-corrected chi connectivity index (χ2v) is 5.03. The first-order chi connectivity index (χ1) is 7.58. The molecular weight excluding hydrogens is 206 g/mol. The van der Waals surface area contributed by atoms with E-state index in [4.69, 9.17) is 5.11 Å². The Morgan fingerprint density at radius 3 is 2.56 bits per heavy atom. The van der Waals surface area contributed by atoms with Gasteiger partial charge in [0, 0.05) is 18.4 Å². The summed E-state index contributed by atoms with van der Waals surface area (Å²) in [6, 6.07) is 0. The van der Waals surface area contributed by atoms with Gasteiger partial charge in [0.2, 0.25) is 5.91 Å². The Morgan fingerprint density at radius 1 is 1.44 bits per heavy atom. The Bertz CT molecular complexity index is 222. The van der Waals surface area contributed by atoms with E-state index >= 15 is 0 Å². The average Bonchev–Trinajstić information content (AvgIpc) is 2.73. The van der Waals surface area contributed by atoms with Gasteiger partial charge in [-0.25, -0.2) is 0 Å². The normalized spacial score (nSPS) is 20.7. The molecule has 1 aliphatic carbocycles. The summed E-state index contributed by atoms with van der Waals surface area (Å²) in [7, 11) is 0. The lowest BCUT2D eigenvalue weighted by molar-refractivity contribution is -0.122. The summed E-state index contributed by atoms with van der Waals surface area (Å²) in [6.45, 7) is 2.41. The largest absolute Gasteiger partial charge is 0.396 e. The van der Waals surface area contributed by atoms with Gasteiger partial charge in [0.1, 0.15) is 0 Å². The Balaban J connectivity index is 2.24. The van der Waals surface area contributed by atoms with E-state index in [1.54, 1.807) is 6.92 Å². The Kier molecular flexibility index (Phi) is 5.22. The fourth-order valence-corrected chi connectivity index (χ4v) is 2.23. The van der Waals surface area contributed by atoms with Crippen molar-refractivity contribution >= 4 is 5.91 Å². The maximum Gasteiger partial charge on any atom is 0.220 e. The lowest BCUT2D eigenvalue weighted by Gasteiger charge is -2.26. The SMILES string of the molecule is CC(O)CCC(=O)NCC1(CO)CCCC1. The molecule has 94 valence electrons. The van der Waals surface area contributed by atoms with Crippen molar-refractivity contribution in [1.82, 2.24) is 5.32 Å². The van der Waals surface area contributed by atoms with E-state index in [-0.39, 0.29) is 17.9 Å². The molecule has 0 heterocycles. The van der Waals surface area contributed by atoms with Gasteiger partial charge in [-0.3, -0.25) is 4.79 Å². The van der Waals surface area contributed by atoms with Crippen LogP contribution in [0, 0.1) is 5.41 Å². The number of hydrogen-bond acceptors (Lipinski definition) is 3. The van der Waals surface area contributed by atoms with E-state index in [0.717, 1.165) is 25.7 Å². The molecule has 1 saturated carbocycles. The molecule has 0 spiro atoms. The van der Waals surface area contributed by atoms with Gasteiger partial charge in [-0.15, -0.1) is 0 Å². The van der Waals surface area contributed by atoms with E-state index in [2.05, 4.69) is 5.32 Å². The first-order valence-electron chi connectivity index (χ1n) is 6.14. The smallest absolute Gasteiger partial charge is 0.220 e. The molecule has 0 radical (unpaired) electrons. The van der Waals surface area contributed by atoms with Gasteiger partial charge in [0.05, 0.1) is 12.7 Å². The molecule has 0 aromatic carbocycles. The van der Waals surface area contributed by atoms with Gasteiger partial charge < -0.3 is 15.5 Å². The van der Waals surface area contributed by atoms with Gasteiger partial charge >= 0.3 is 0 Å². The number of hydrogen-bond donors (Lipinski definition) is 3. The Morgan fingerprint density at radius 2 is 2.06 bits per heavy atom. The van der Waals surface area contributed by atoms with E-state index in [1.165, 1.54) is 0 Å². The molecule has 16 heavy (non-hydrogen) atoms. The molecule has 0 aromatic rings. The molecule has 1 aliphatic rings. The third-order valence-corrected chi connectivity index (χ3v) is 3.45. The summed E-state index contributed by atoms with van der Waals surface area (Å²) in [5.41, 5.74) is -0.0828. The van der Waals surface area contributed by atoms with Crippen LogP contribution in [-0.4, -0.2) is 35.4 Å². The average molecular weight is 229 g/mol. The summed E-state index contributed by atoms with van der Waals surface area (Å²) in [6.07, 6.45) is 4.72. The van der Waals surface area contributed by atoms with E-state index in [9.17, 15) is 9.90 Å². The second kappa shape index (κ2) is 6.21. The number of rotatable bonds is 6. The molecule has 4 heteroatoms. The van der Waals surface area contributed by atoms with Crippen LogP contribution in [0.15, 0.2) is 0 Å². The van der Waals surface area contributed by atoms with Crippen molar-refractivity contribution in [2.75, 3.05) is 13.2 Å². The van der Waals surface area contributed by atoms with Crippen LogP contribution in [0.5, 0.6) is 0 Å². The monoisotopic (exact) mass is 229 g/mol. The van der Waals surface area contributed by atoms with Crippen LogP contribution in [0.25, 0.3) is 0 Å². The molecule has 3 N–H and O–H groups in total. The predicted molar refractivity (Wildman–Crippen MR) is 61.9 cm³/mol. The minimum Gasteiger partial charge on any atom is -0.396 e. The van der Waals surface area contributed by atoms with Crippen molar-refractivity contribution in [1.29, 1.82) is 0 Å². The molecule has 4 nitrogen and oxygen atoms in total. The van der Waals surface area contributed by atoms with Gasteiger partial charge in [-0.2, -0.15) is 0 Å². The maximum atomic E-state index is 11.5. The summed E-state index contributed by atoms with van der Waals surface area (Å²) in [5, 5.41) is 21.3. The standard InChI is InChI=1S/C12H23NO3/c1-10(15)4-5-11(16)13-8-12(9-14)6-2-3-7-12/h10,14-15H,2-9H2,1H3,(H,13,16). The molecule has 0 saturated heterocycles. The first kappa shape index (κ1) is 13.5. The zero-order chi connectivity index (χ0) is 12.0. The van der Waals surface area contributed by atoms with Crippen LogP contribution in [0.1, 0.15) is 45.4 Å². The lowest BCUT2D eigenvalue weighted by Crippen LogP contribution is -2.38. The molecule has 0 aliphatic heterocycles. The zero-order valence-corrected chi connectivity index (χ0v) is 10.0. The zero-order valence-electron chi connectivity index (χ0n) is 10.0. The maximum absolute atomic E-state index is 11.5. The predicted octanol–water partition coefficient (Wildman–Crippen LogP) is 0.816. The molecule has 1 fully saturated rings. The second-order valence-electron chi connectivity index (χ2n) is 5.03. The molecule has 1 amide bonds. The highest BCUT2D eigenvalue weighted by molar-refractivity contribution is 5.75. The van der Waals surface area contributed by atoms with Gasteiger partial charge in [-0.05, 0) is 26.2 Å². The van der Waals surface area contributed by atoms with Crippen LogP contribution in [0.4, 0.5) is 0 Å². The third-order valence-electron chi connectivity index (χ3n) is 3.45. The number of amides is 1. The highest BCUT2D eigenvalue weighted by Gasteiger charge is 2.33. The van der Waals surface area contributed by atoms with Crippen molar-refractivity contribution in [2.45, 2.75) is 51.6 Å². The number of aliphatic hydroxyl groups excluding tert-OH is 2. The Labute approximate surface area is 97.0 Å². The quantitative estimate of drug-likeness (QED) is 0.631. The number of carbonyl (C=O) groups excluding carboxylic acids is 1. The minimum absolute atomic E-state index is 0.0272. The number of nitrogens with one attached hydrogen (secondary N) is 1. The van der Waals surface area contributed by atoms with Crippen LogP contribution >= 0.6 is 0 Å². The summed E-state index contributed by atoms with van der Waals surface area (Å²) in [5.74, 6) is -0.0272. The molecule has 0 aromatic heterocycles. The molecule has 1 unspecified atom stereocenters. The lowest BCUT2D eigenvalue weighted by atomic mass is 9.87. The fourth-order valence-electron chi connectivity index (χ4n) is 2.23.